The molecule has 0 saturated heterocycles. The molecule has 3 aromatic rings. The normalized spacial score (nSPS) is 15.7. The lowest BCUT2D eigenvalue weighted by Crippen LogP contribution is -2.15. The second-order valence-corrected chi connectivity index (χ2v) is 9.97. The van der Waals surface area contributed by atoms with E-state index in [9.17, 15) is 0 Å². The van der Waals surface area contributed by atoms with Crippen LogP contribution in [0, 0.1) is 17.7 Å². The average Bonchev–Trinajstić information content (AvgIpc) is 2.71. The predicted octanol–water partition coefficient (Wildman–Crippen LogP) is 7.90. The summed E-state index contributed by atoms with van der Waals surface area (Å²) in [5.41, 5.74) is 4.23. The van der Waals surface area contributed by atoms with Gasteiger partial charge in [-0.2, -0.15) is 0 Å². The number of nitrogens with zero attached hydrogens (tertiary/aromatic N) is 1. The minimum Gasteiger partial charge on any atom is -0.256 e. The van der Waals surface area contributed by atoms with Crippen LogP contribution in [0.15, 0.2) is 60.8 Å². The number of hydrogen-bond acceptors (Lipinski definition) is 1. The van der Waals surface area contributed by atoms with E-state index in [2.05, 4.69) is 25.8 Å². The highest BCUT2D eigenvalue weighted by Gasteiger charge is 2.19. The van der Waals surface area contributed by atoms with Crippen molar-refractivity contribution in [2.75, 3.05) is 0 Å². The molecule has 0 bridgehead atoms. The molecule has 0 aliphatic rings. The maximum absolute atomic E-state index is 8.85. The van der Waals surface area contributed by atoms with Crippen molar-refractivity contribution in [3.8, 4) is 22.4 Å². The molecule has 29 heavy (non-hydrogen) atoms. The molecule has 0 aliphatic carbocycles. The summed E-state index contributed by atoms with van der Waals surface area (Å²) in [4.78, 5) is 4.67. The highest BCUT2D eigenvalue weighted by atomic mass is 14.7. The Hall–Kier alpha value is -2.41. The van der Waals surface area contributed by atoms with E-state index in [1.165, 1.54) is 0 Å². The Balaban J connectivity index is 2.21. The third-order valence-electron chi connectivity index (χ3n) is 4.62. The molecular weight excluding hydrogens is 350 g/mol. The van der Waals surface area contributed by atoms with Crippen LogP contribution in [-0.2, 0) is 12.8 Å². The Morgan fingerprint density at radius 1 is 0.828 bits per heavy atom. The van der Waals surface area contributed by atoms with Crippen LogP contribution >= 0.6 is 0 Å². The van der Waals surface area contributed by atoms with E-state index >= 15 is 0 Å². The van der Waals surface area contributed by atoms with Gasteiger partial charge in [-0.1, -0.05) is 84.0 Å². The van der Waals surface area contributed by atoms with Crippen LogP contribution in [-0.4, -0.2) is 4.98 Å². The monoisotopic (exact) mass is 390 g/mol. The first-order chi connectivity index (χ1) is 15.5. The summed E-state index contributed by atoms with van der Waals surface area (Å²) in [5.74, 6) is 0. The van der Waals surface area contributed by atoms with Crippen LogP contribution in [0.25, 0.3) is 22.4 Å². The molecule has 0 unspecified atom stereocenters. The number of aryl methyl sites for hydroxylation is 1. The zero-order valence-electron chi connectivity index (χ0n) is 23.4. The molecule has 2 aromatic carbocycles. The molecule has 1 aromatic heterocycles. The van der Waals surface area contributed by atoms with Crippen molar-refractivity contribution in [1.82, 2.24) is 4.98 Å². The van der Waals surface area contributed by atoms with Gasteiger partial charge in [0, 0.05) is 18.6 Å². The van der Waals surface area contributed by atoms with Gasteiger partial charge in [-0.15, -0.1) is 0 Å². The fraction of sp³-hybridized carbons (Fsp3) is 0.393. The Morgan fingerprint density at radius 3 is 2.17 bits per heavy atom. The summed E-state index contributed by atoms with van der Waals surface area (Å²) in [6, 6.07) is 16.9. The largest absolute Gasteiger partial charge is 0.256 e. The second-order valence-electron chi connectivity index (χ2n) is 9.97. The van der Waals surface area contributed by atoms with E-state index in [1.54, 1.807) is 18.3 Å². The Morgan fingerprint density at radius 2 is 1.55 bits per heavy atom. The van der Waals surface area contributed by atoms with Crippen LogP contribution in [0.1, 0.15) is 65.1 Å². The summed E-state index contributed by atoms with van der Waals surface area (Å²) in [7, 11) is 0. The van der Waals surface area contributed by atoms with Gasteiger partial charge in [0.1, 0.15) is 0 Å². The van der Waals surface area contributed by atoms with Crippen molar-refractivity contribution < 1.29 is 6.85 Å². The smallest absolute Gasteiger partial charge is 0.0705 e. The second kappa shape index (κ2) is 8.14. The molecule has 0 radical (unpaired) electrons. The van der Waals surface area contributed by atoms with E-state index < -0.39 is 18.6 Å². The summed E-state index contributed by atoms with van der Waals surface area (Å²) < 4.78 is 41.7. The summed E-state index contributed by atoms with van der Waals surface area (Å²) in [6.07, 6.45) is 0.813. The van der Waals surface area contributed by atoms with Crippen LogP contribution in [0.5, 0.6) is 0 Å². The molecule has 0 amide bonds. The lowest BCUT2D eigenvalue weighted by molar-refractivity contribution is 0.392. The van der Waals surface area contributed by atoms with Gasteiger partial charge in [0.25, 0.3) is 0 Å². The molecule has 0 saturated carbocycles. The molecular formula is C28H35N. The van der Waals surface area contributed by atoms with Gasteiger partial charge in [0.05, 0.1) is 5.69 Å². The highest BCUT2D eigenvalue weighted by molar-refractivity contribution is 5.74. The third kappa shape index (κ3) is 5.79. The van der Waals surface area contributed by atoms with Gasteiger partial charge in [0.15, 0.2) is 0 Å². The average molecular weight is 391 g/mol. The van der Waals surface area contributed by atoms with Gasteiger partial charge < -0.3 is 0 Å². The van der Waals surface area contributed by atoms with E-state index in [1.807, 2.05) is 63.2 Å². The Kier molecular flexibility index (Phi) is 4.33. The molecule has 152 valence electrons. The van der Waals surface area contributed by atoms with Crippen molar-refractivity contribution in [3.63, 3.8) is 0 Å². The Bertz CT molecular complexity index is 1150. The van der Waals surface area contributed by atoms with Gasteiger partial charge in [-0.25, -0.2) is 0 Å². The van der Waals surface area contributed by atoms with E-state index in [4.69, 9.17) is 6.85 Å². The molecule has 1 heteroatoms. The number of pyridine rings is 1. The topological polar surface area (TPSA) is 12.9 Å². The van der Waals surface area contributed by atoms with E-state index in [0.717, 1.165) is 16.7 Å². The van der Waals surface area contributed by atoms with Crippen molar-refractivity contribution in [3.05, 3.63) is 77.5 Å². The van der Waals surface area contributed by atoms with Crippen molar-refractivity contribution in [2.24, 2.45) is 10.8 Å². The Labute approximate surface area is 184 Å². The van der Waals surface area contributed by atoms with Crippen LogP contribution < -0.4 is 0 Å². The summed E-state index contributed by atoms with van der Waals surface area (Å²) in [5, 5.41) is 0. The molecule has 0 aliphatic heterocycles. The van der Waals surface area contributed by atoms with Crippen LogP contribution in [0.2, 0.25) is 0 Å². The summed E-state index contributed by atoms with van der Waals surface area (Å²) in [6.45, 7) is 9.90. The van der Waals surface area contributed by atoms with Gasteiger partial charge in [-0.05, 0) is 70.4 Å². The first-order valence-corrected chi connectivity index (χ1v) is 10.2. The van der Waals surface area contributed by atoms with Gasteiger partial charge in [0.2, 0.25) is 0 Å². The molecule has 0 fully saturated rings. The summed E-state index contributed by atoms with van der Waals surface area (Å²) >= 11 is 0. The first-order valence-electron chi connectivity index (χ1n) is 12.7. The lowest BCUT2D eigenvalue weighted by Gasteiger charge is -2.25. The zero-order valence-corrected chi connectivity index (χ0v) is 18.4. The quantitative estimate of drug-likeness (QED) is 0.441. The molecule has 0 atom stereocenters. The van der Waals surface area contributed by atoms with Crippen LogP contribution in [0.3, 0.4) is 0 Å². The molecule has 0 spiro atoms. The van der Waals surface area contributed by atoms with Crippen molar-refractivity contribution in [2.45, 2.75) is 61.2 Å². The predicted molar refractivity (Wildman–Crippen MR) is 126 cm³/mol. The van der Waals surface area contributed by atoms with Crippen molar-refractivity contribution in [1.29, 1.82) is 0 Å². The number of aromatic nitrogens is 1. The van der Waals surface area contributed by atoms with E-state index in [0.29, 0.717) is 28.8 Å². The molecule has 1 nitrogen and oxygen atoms in total. The maximum atomic E-state index is 8.85. The fourth-order valence-corrected chi connectivity index (χ4v) is 3.45. The fourth-order valence-electron chi connectivity index (χ4n) is 3.45. The molecule has 3 rings (SSSR count). The van der Waals surface area contributed by atoms with Gasteiger partial charge in [-0.3, -0.25) is 4.98 Å². The molecule has 1 heterocycles. The minimum absolute atomic E-state index is 0.0400. The number of hydrogen-bond donors (Lipinski definition) is 0. The van der Waals surface area contributed by atoms with Gasteiger partial charge >= 0.3 is 0 Å². The van der Waals surface area contributed by atoms with Crippen molar-refractivity contribution >= 4 is 0 Å². The molecule has 0 N–H and O–H groups in total. The van der Waals surface area contributed by atoms with Crippen LogP contribution in [0.4, 0.5) is 0 Å². The standard InChI is InChI=1S/C28H35N/c1-20-13-14-22(15-25(20)21-11-9-8-10-12-21)26-16-23(17-27(2,3)4)24(19-29-26)18-28(5,6)7/h8-16,19H,17-18H2,1-7H3/i1D3,18D2. The maximum Gasteiger partial charge on any atom is 0.0705 e. The first kappa shape index (κ1) is 15.4. The minimum atomic E-state index is -2.23. The number of rotatable bonds is 4. The number of benzene rings is 2. The zero-order chi connectivity index (χ0) is 25.5. The lowest BCUT2D eigenvalue weighted by atomic mass is 9.81. The van der Waals surface area contributed by atoms with E-state index in [-0.39, 0.29) is 5.41 Å². The SMILES string of the molecule is [2H]C([2H])([2H])c1ccc(-c2cc(CC(C)(C)C)c(C([2H])([2H])C(C)(C)C)cn2)cc1-c1ccccc1. The third-order valence-corrected chi connectivity index (χ3v) is 4.62. The highest BCUT2D eigenvalue weighted by Crippen LogP contribution is 2.32.